The fraction of sp³-hybridized carbons (Fsp3) is 0.923. The summed E-state index contributed by atoms with van der Waals surface area (Å²) in [5.74, 6) is 0.603. The van der Waals surface area contributed by atoms with E-state index in [2.05, 4.69) is 45.0 Å². The van der Waals surface area contributed by atoms with E-state index in [1.165, 1.54) is 0 Å². The normalized spacial score (nSPS) is 20.1. The Morgan fingerprint density at radius 1 is 1.06 bits per heavy atom. The minimum Gasteiger partial charge on any atom is -0.339 e. The molecule has 1 aliphatic rings. The van der Waals surface area contributed by atoms with Crippen LogP contribution in [0.4, 0.5) is 0 Å². The first-order chi connectivity index (χ1) is 7.91. The highest BCUT2D eigenvalue weighted by atomic mass is 16.2. The number of hydrogen-bond acceptors (Lipinski definition) is 3. The Kier molecular flexibility index (Phi) is 5.40. The number of carbonyl (C=O) groups is 1. The van der Waals surface area contributed by atoms with E-state index < -0.39 is 0 Å². The van der Waals surface area contributed by atoms with Crippen molar-refractivity contribution in [1.29, 1.82) is 0 Å². The van der Waals surface area contributed by atoms with Crippen molar-refractivity contribution in [3.05, 3.63) is 0 Å². The molecule has 1 N–H and O–H groups in total. The Hall–Kier alpha value is -0.610. The minimum absolute atomic E-state index is 0.0431. The van der Waals surface area contributed by atoms with E-state index in [1.807, 2.05) is 4.90 Å². The van der Waals surface area contributed by atoms with E-state index >= 15 is 0 Å². The zero-order chi connectivity index (χ0) is 13.0. The van der Waals surface area contributed by atoms with Crippen LogP contribution in [-0.4, -0.2) is 61.0 Å². The molecule has 1 heterocycles. The Bertz CT molecular complexity index is 245. The lowest BCUT2D eigenvalue weighted by Crippen LogP contribution is -2.55. The van der Waals surface area contributed by atoms with Gasteiger partial charge in [0.1, 0.15) is 0 Å². The Balaban J connectivity index is 2.58. The van der Waals surface area contributed by atoms with Crippen molar-refractivity contribution < 1.29 is 4.79 Å². The largest absolute Gasteiger partial charge is 0.339 e. The molecule has 0 aliphatic carbocycles. The molecule has 4 nitrogen and oxygen atoms in total. The van der Waals surface area contributed by atoms with Crippen LogP contribution in [-0.2, 0) is 4.79 Å². The highest BCUT2D eigenvalue weighted by Crippen LogP contribution is 2.09. The first-order valence-electron chi connectivity index (χ1n) is 6.65. The van der Waals surface area contributed by atoms with E-state index in [9.17, 15) is 4.79 Å². The molecular weight excluding hydrogens is 214 g/mol. The summed E-state index contributed by atoms with van der Waals surface area (Å²) in [4.78, 5) is 16.7. The van der Waals surface area contributed by atoms with E-state index in [0.29, 0.717) is 12.0 Å². The topological polar surface area (TPSA) is 35.6 Å². The first kappa shape index (κ1) is 14.5. The molecule has 1 atom stereocenters. The van der Waals surface area contributed by atoms with Crippen LogP contribution in [0.1, 0.15) is 27.7 Å². The molecule has 1 rings (SSSR count). The van der Waals surface area contributed by atoms with E-state index in [4.69, 9.17) is 0 Å². The Morgan fingerprint density at radius 3 is 2.00 bits per heavy atom. The quantitative estimate of drug-likeness (QED) is 0.790. The van der Waals surface area contributed by atoms with Gasteiger partial charge in [0.15, 0.2) is 0 Å². The molecule has 0 unspecified atom stereocenters. The number of likely N-dealkylation sites (N-methyl/N-ethyl adjacent to an activating group) is 1. The summed E-state index contributed by atoms with van der Waals surface area (Å²) in [6, 6.07) is 0.303. The lowest BCUT2D eigenvalue weighted by molar-refractivity contribution is -0.136. The number of rotatable bonds is 4. The zero-order valence-electron chi connectivity index (χ0n) is 11.9. The predicted octanol–water partition coefficient (Wildman–Crippen LogP) is 0.783. The van der Waals surface area contributed by atoms with Gasteiger partial charge in [0.05, 0.1) is 6.04 Å². The van der Waals surface area contributed by atoms with Gasteiger partial charge in [-0.3, -0.25) is 4.79 Å². The van der Waals surface area contributed by atoms with Gasteiger partial charge in [-0.25, -0.2) is 0 Å². The van der Waals surface area contributed by atoms with Crippen molar-refractivity contribution in [2.75, 3.05) is 33.2 Å². The van der Waals surface area contributed by atoms with E-state index in [1.54, 1.807) is 0 Å². The minimum atomic E-state index is -0.0431. The molecule has 100 valence electrons. The molecular formula is C13H27N3O. The van der Waals surface area contributed by atoms with Crippen LogP contribution in [0.2, 0.25) is 0 Å². The molecule has 0 aromatic rings. The molecule has 0 spiro atoms. The molecule has 0 radical (unpaired) electrons. The number of piperazine rings is 1. The van der Waals surface area contributed by atoms with Gasteiger partial charge in [-0.15, -0.1) is 0 Å². The van der Waals surface area contributed by atoms with Crippen LogP contribution in [0.25, 0.3) is 0 Å². The highest BCUT2D eigenvalue weighted by Gasteiger charge is 2.28. The number of carbonyl (C=O) groups excluding carboxylic acids is 1. The second kappa shape index (κ2) is 6.36. The van der Waals surface area contributed by atoms with Crippen LogP contribution in [0.15, 0.2) is 0 Å². The molecule has 4 heteroatoms. The zero-order valence-corrected chi connectivity index (χ0v) is 11.9. The molecule has 0 saturated carbocycles. The van der Waals surface area contributed by atoms with Gasteiger partial charge in [-0.2, -0.15) is 0 Å². The summed E-state index contributed by atoms with van der Waals surface area (Å²) in [5.41, 5.74) is 0. The lowest BCUT2D eigenvalue weighted by atomic mass is 10.0. The molecule has 0 aromatic heterocycles. The predicted molar refractivity (Wildman–Crippen MR) is 71.0 cm³/mol. The van der Waals surface area contributed by atoms with Crippen molar-refractivity contribution in [1.82, 2.24) is 15.1 Å². The van der Waals surface area contributed by atoms with Gasteiger partial charge in [0, 0.05) is 32.2 Å². The fourth-order valence-corrected chi connectivity index (χ4v) is 2.13. The molecule has 0 aromatic carbocycles. The van der Waals surface area contributed by atoms with Crippen molar-refractivity contribution in [3.8, 4) is 0 Å². The van der Waals surface area contributed by atoms with Crippen LogP contribution < -0.4 is 5.32 Å². The van der Waals surface area contributed by atoms with Crippen LogP contribution in [0, 0.1) is 5.92 Å². The molecule has 1 saturated heterocycles. The fourth-order valence-electron chi connectivity index (χ4n) is 2.13. The van der Waals surface area contributed by atoms with Gasteiger partial charge in [0.2, 0.25) is 5.91 Å². The van der Waals surface area contributed by atoms with Gasteiger partial charge in [-0.05, 0) is 13.0 Å². The van der Waals surface area contributed by atoms with Gasteiger partial charge in [0.25, 0.3) is 0 Å². The summed E-state index contributed by atoms with van der Waals surface area (Å²) >= 11 is 0. The monoisotopic (exact) mass is 241 g/mol. The van der Waals surface area contributed by atoms with Gasteiger partial charge in [-0.1, -0.05) is 27.7 Å². The number of amides is 1. The first-order valence-corrected chi connectivity index (χ1v) is 6.65. The van der Waals surface area contributed by atoms with Crippen molar-refractivity contribution in [2.45, 2.75) is 39.8 Å². The van der Waals surface area contributed by atoms with Crippen LogP contribution >= 0.6 is 0 Å². The summed E-state index contributed by atoms with van der Waals surface area (Å²) in [7, 11) is 2.11. The summed E-state index contributed by atoms with van der Waals surface area (Å²) in [6.07, 6.45) is 0. The van der Waals surface area contributed by atoms with Gasteiger partial charge >= 0.3 is 0 Å². The van der Waals surface area contributed by atoms with Crippen molar-refractivity contribution in [3.63, 3.8) is 0 Å². The maximum Gasteiger partial charge on any atom is 0.240 e. The lowest BCUT2D eigenvalue weighted by Gasteiger charge is -2.36. The molecule has 1 fully saturated rings. The standard InChI is InChI=1S/C13H27N3O/c1-10(2)12(14-11(3)4)13(17)16-8-6-15(5)7-9-16/h10-12,14H,6-9H2,1-5H3/t12-/m1/s1. The molecule has 17 heavy (non-hydrogen) atoms. The van der Waals surface area contributed by atoms with Gasteiger partial charge < -0.3 is 15.1 Å². The molecule has 0 bridgehead atoms. The molecule has 1 aliphatic heterocycles. The maximum absolute atomic E-state index is 12.4. The van der Waals surface area contributed by atoms with Crippen molar-refractivity contribution in [2.24, 2.45) is 5.92 Å². The number of hydrogen-bond donors (Lipinski definition) is 1. The number of nitrogens with zero attached hydrogens (tertiary/aromatic N) is 2. The summed E-state index contributed by atoms with van der Waals surface area (Å²) in [6.45, 7) is 12.1. The van der Waals surface area contributed by atoms with E-state index in [0.717, 1.165) is 26.2 Å². The Labute approximate surface area is 105 Å². The third-order valence-electron chi connectivity index (χ3n) is 3.26. The second-order valence-corrected chi connectivity index (χ2v) is 5.67. The van der Waals surface area contributed by atoms with Crippen LogP contribution in [0.5, 0.6) is 0 Å². The second-order valence-electron chi connectivity index (χ2n) is 5.67. The maximum atomic E-state index is 12.4. The smallest absolute Gasteiger partial charge is 0.240 e. The third-order valence-corrected chi connectivity index (χ3v) is 3.26. The van der Waals surface area contributed by atoms with Crippen LogP contribution in [0.3, 0.4) is 0 Å². The third kappa shape index (κ3) is 4.28. The summed E-state index contributed by atoms with van der Waals surface area (Å²) in [5, 5.41) is 3.38. The summed E-state index contributed by atoms with van der Waals surface area (Å²) < 4.78 is 0. The Morgan fingerprint density at radius 2 is 1.59 bits per heavy atom. The van der Waals surface area contributed by atoms with E-state index in [-0.39, 0.29) is 11.9 Å². The number of nitrogens with one attached hydrogen (secondary N) is 1. The van der Waals surface area contributed by atoms with Crippen molar-refractivity contribution >= 4 is 5.91 Å². The SMILES string of the molecule is CC(C)N[C@@H](C(=O)N1CCN(C)CC1)C(C)C. The average Bonchev–Trinajstić information content (AvgIpc) is 2.25. The average molecular weight is 241 g/mol. The molecule has 1 amide bonds. The highest BCUT2D eigenvalue weighted by molar-refractivity contribution is 5.82.